The van der Waals surface area contributed by atoms with Crippen molar-refractivity contribution < 1.29 is 23.2 Å². The number of rotatable bonds is 3. The Kier molecular flexibility index (Phi) is 4.36. The molecule has 4 N–H and O–H groups in total. The van der Waals surface area contributed by atoms with Crippen molar-refractivity contribution in [3.63, 3.8) is 0 Å². The van der Waals surface area contributed by atoms with E-state index in [-0.39, 0.29) is 17.7 Å². The minimum atomic E-state index is -4.56. The van der Waals surface area contributed by atoms with Gasteiger partial charge in [-0.15, -0.1) is 0 Å². The molecule has 0 fully saturated rings. The fourth-order valence-corrected chi connectivity index (χ4v) is 1.33. The number of hydrogen-bond acceptors (Lipinski definition) is 3. The van der Waals surface area contributed by atoms with Gasteiger partial charge in [-0.3, -0.25) is 4.79 Å². The van der Waals surface area contributed by atoms with Gasteiger partial charge in [0.15, 0.2) is 5.84 Å². The highest BCUT2D eigenvalue weighted by Crippen LogP contribution is 2.31. The molecule has 1 aromatic rings. The van der Waals surface area contributed by atoms with Crippen LogP contribution in [-0.2, 0) is 11.0 Å². The van der Waals surface area contributed by atoms with Gasteiger partial charge in [-0.05, 0) is 18.2 Å². The molecule has 0 aliphatic rings. The third kappa shape index (κ3) is 3.60. The van der Waals surface area contributed by atoms with E-state index in [0.717, 1.165) is 12.1 Å². The van der Waals surface area contributed by atoms with Gasteiger partial charge in [0.05, 0.1) is 11.3 Å². The number of carbonyl (C=O) groups excluding carboxylic acids is 1. The minimum Gasteiger partial charge on any atom is -0.409 e. The third-order valence-corrected chi connectivity index (χ3v) is 2.33. The van der Waals surface area contributed by atoms with E-state index in [1.165, 1.54) is 0 Å². The maximum atomic E-state index is 12.6. The normalized spacial score (nSPS) is 12.3. The molecule has 8 heteroatoms. The molecule has 1 rings (SSSR count). The largest absolute Gasteiger partial charge is 0.416 e. The zero-order valence-corrected chi connectivity index (χ0v) is 9.95. The van der Waals surface area contributed by atoms with E-state index in [9.17, 15) is 18.0 Å². The van der Waals surface area contributed by atoms with Crippen molar-refractivity contribution in [3.05, 3.63) is 29.3 Å². The van der Waals surface area contributed by atoms with Crippen molar-refractivity contribution in [3.8, 4) is 0 Å². The zero-order chi connectivity index (χ0) is 14.6. The van der Waals surface area contributed by atoms with E-state index in [0.29, 0.717) is 6.07 Å². The van der Waals surface area contributed by atoms with Crippen LogP contribution in [-0.4, -0.2) is 17.0 Å². The topological polar surface area (TPSA) is 87.7 Å². The SMILES string of the molecule is CCC(=O)Nc1ccc(C(F)(F)F)cc1/C(N)=N/O. The number of hydrogen-bond donors (Lipinski definition) is 3. The molecule has 0 aliphatic carbocycles. The number of benzene rings is 1. The Bertz CT molecular complexity index is 512. The van der Waals surface area contributed by atoms with Gasteiger partial charge < -0.3 is 16.3 Å². The number of nitrogens with one attached hydrogen (secondary N) is 1. The van der Waals surface area contributed by atoms with E-state index in [1.807, 2.05) is 0 Å². The molecule has 19 heavy (non-hydrogen) atoms. The number of amidine groups is 1. The lowest BCUT2D eigenvalue weighted by atomic mass is 10.1. The third-order valence-electron chi connectivity index (χ3n) is 2.33. The highest BCUT2D eigenvalue weighted by molar-refractivity contribution is 6.05. The van der Waals surface area contributed by atoms with Crippen LogP contribution in [0.3, 0.4) is 0 Å². The monoisotopic (exact) mass is 275 g/mol. The van der Waals surface area contributed by atoms with Crippen LogP contribution < -0.4 is 11.1 Å². The molecule has 1 amide bonds. The number of nitrogens with two attached hydrogens (primary N) is 1. The summed E-state index contributed by atoms with van der Waals surface area (Å²) in [7, 11) is 0. The fourth-order valence-electron chi connectivity index (χ4n) is 1.33. The number of amides is 1. The Balaban J connectivity index is 3.29. The first-order valence-corrected chi connectivity index (χ1v) is 5.28. The lowest BCUT2D eigenvalue weighted by Gasteiger charge is -2.13. The van der Waals surface area contributed by atoms with Crippen LogP contribution in [0, 0.1) is 0 Å². The summed E-state index contributed by atoms with van der Waals surface area (Å²) >= 11 is 0. The summed E-state index contributed by atoms with van der Waals surface area (Å²) in [5.74, 6) is -0.913. The van der Waals surface area contributed by atoms with Crippen molar-refractivity contribution >= 4 is 17.4 Å². The molecule has 0 unspecified atom stereocenters. The summed E-state index contributed by atoms with van der Waals surface area (Å²) in [5.41, 5.74) is 4.21. The quantitative estimate of drug-likeness (QED) is 0.342. The summed E-state index contributed by atoms with van der Waals surface area (Å²) in [6.45, 7) is 1.59. The summed E-state index contributed by atoms with van der Waals surface area (Å²) in [6, 6.07) is 2.57. The molecule has 0 saturated carbocycles. The highest BCUT2D eigenvalue weighted by Gasteiger charge is 2.31. The summed E-state index contributed by atoms with van der Waals surface area (Å²) < 4.78 is 37.7. The molecule has 0 aliphatic heterocycles. The van der Waals surface area contributed by atoms with Crippen molar-refractivity contribution in [2.45, 2.75) is 19.5 Å². The first kappa shape index (κ1) is 14.8. The van der Waals surface area contributed by atoms with Crippen molar-refractivity contribution in [2.24, 2.45) is 10.9 Å². The molecule has 0 spiro atoms. The molecular weight excluding hydrogens is 263 g/mol. The van der Waals surface area contributed by atoms with Gasteiger partial charge in [-0.25, -0.2) is 0 Å². The molecule has 5 nitrogen and oxygen atoms in total. The molecule has 0 saturated heterocycles. The van der Waals surface area contributed by atoms with Gasteiger partial charge in [-0.1, -0.05) is 12.1 Å². The van der Waals surface area contributed by atoms with Crippen LogP contribution in [0.25, 0.3) is 0 Å². The van der Waals surface area contributed by atoms with Crippen LogP contribution in [0.5, 0.6) is 0 Å². The summed E-state index contributed by atoms with van der Waals surface area (Å²) in [5, 5.41) is 13.6. The molecule has 0 heterocycles. The van der Waals surface area contributed by atoms with Gasteiger partial charge in [0.1, 0.15) is 0 Å². The number of oxime groups is 1. The molecule has 104 valence electrons. The maximum absolute atomic E-state index is 12.6. The second-order valence-electron chi connectivity index (χ2n) is 3.65. The average molecular weight is 275 g/mol. The van der Waals surface area contributed by atoms with Crippen LogP contribution in [0.15, 0.2) is 23.4 Å². The van der Waals surface area contributed by atoms with E-state index in [1.54, 1.807) is 6.92 Å². The van der Waals surface area contributed by atoms with Gasteiger partial charge in [0, 0.05) is 12.0 Å². The van der Waals surface area contributed by atoms with Crippen molar-refractivity contribution in [2.75, 3.05) is 5.32 Å². The molecular formula is C11H12F3N3O2. The van der Waals surface area contributed by atoms with Crippen LogP contribution in [0.4, 0.5) is 18.9 Å². The Morgan fingerprint density at radius 1 is 1.47 bits per heavy atom. The van der Waals surface area contributed by atoms with Crippen molar-refractivity contribution in [1.82, 2.24) is 0 Å². The molecule has 1 aromatic carbocycles. The van der Waals surface area contributed by atoms with Gasteiger partial charge in [-0.2, -0.15) is 13.2 Å². The number of alkyl halides is 3. The Hall–Kier alpha value is -2.25. The Morgan fingerprint density at radius 2 is 2.11 bits per heavy atom. The molecule has 0 radical (unpaired) electrons. The second kappa shape index (κ2) is 5.59. The van der Waals surface area contributed by atoms with E-state index < -0.39 is 23.5 Å². The minimum absolute atomic E-state index is 0.0511. The number of anilines is 1. The summed E-state index contributed by atoms with van der Waals surface area (Å²) in [4.78, 5) is 11.2. The van der Waals surface area contributed by atoms with Crippen molar-refractivity contribution in [1.29, 1.82) is 0 Å². The van der Waals surface area contributed by atoms with Crippen LogP contribution in [0.1, 0.15) is 24.5 Å². The first-order chi connectivity index (χ1) is 8.79. The number of nitrogens with zero attached hydrogens (tertiary/aromatic N) is 1. The molecule has 0 aromatic heterocycles. The zero-order valence-electron chi connectivity index (χ0n) is 9.95. The first-order valence-electron chi connectivity index (χ1n) is 5.28. The molecule has 0 atom stereocenters. The van der Waals surface area contributed by atoms with Gasteiger partial charge >= 0.3 is 6.18 Å². The van der Waals surface area contributed by atoms with E-state index in [4.69, 9.17) is 10.9 Å². The number of halogens is 3. The average Bonchev–Trinajstić information content (AvgIpc) is 2.36. The van der Waals surface area contributed by atoms with Crippen LogP contribution >= 0.6 is 0 Å². The van der Waals surface area contributed by atoms with Gasteiger partial charge in [0.2, 0.25) is 5.91 Å². The predicted molar refractivity (Wildman–Crippen MR) is 62.9 cm³/mol. The number of carbonyl (C=O) groups is 1. The lowest BCUT2D eigenvalue weighted by Crippen LogP contribution is -2.20. The maximum Gasteiger partial charge on any atom is 0.416 e. The molecule has 0 bridgehead atoms. The van der Waals surface area contributed by atoms with E-state index in [2.05, 4.69) is 10.5 Å². The predicted octanol–water partition coefficient (Wildman–Crippen LogP) is 2.15. The lowest BCUT2D eigenvalue weighted by molar-refractivity contribution is -0.137. The van der Waals surface area contributed by atoms with E-state index >= 15 is 0 Å². The summed E-state index contributed by atoms with van der Waals surface area (Å²) in [6.07, 6.45) is -4.41. The smallest absolute Gasteiger partial charge is 0.409 e. The Morgan fingerprint density at radius 3 is 2.58 bits per heavy atom. The Labute approximate surface area is 106 Å². The van der Waals surface area contributed by atoms with Gasteiger partial charge in [0.25, 0.3) is 0 Å². The van der Waals surface area contributed by atoms with Crippen LogP contribution in [0.2, 0.25) is 0 Å². The fraction of sp³-hybridized carbons (Fsp3) is 0.273. The highest BCUT2D eigenvalue weighted by atomic mass is 19.4. The second-order valence-corrected chi connectivity index (χ2v) is 3.65. The standard InChI is InChI=1S/C11H12F3N3O2/c1-2-9(18)16-8-4-3-6(11(12,13)14)5-7(8)10(15)17-19/h3-5,19H,2H2,1H3,(H2,15,17)(H,16,18).